The van der Waals surface area contributed by atoms with E-state index in [4.69, 9.17) is 4.74 Å². The number of carbonyl (C=O) groups is 1. The molecule has 1 fully saturated rings. The molecule has 2 aliphatic heterocycles. The van der Waals surface area contributed by atoms with Gasteiger partial charge in [-0.15, -0.1) is 0 Å². The molecule has 1 amide bonds. The summed E-state index contributed by atoms with van der Waals surface area (Å²) in [6.07, 6.45) is 2.90. The second kappa shape index (κ2) is 8.73. The highest BCUT2D eigenvalue weighted by molar-refractivity contribution is 6.04. The molecule has 2 aromatic heterocycles. The van der Waals surface area contributed by atoms with E-state index in [9.17, 15) is 9.59 Å². The number of hydrogen-bond acceptors (Lipinski definition) is 5. The van der Waals surface area contributed by atoms with Gasteiger partial charge < -0.3 is 19.5 Å². The lowest BCUT2D eigenvalue weighted by Gasteiger charge is -2.43. The number of benzene rings is 1. The molecule has 0 saturated carbocycles. The first-order valence-electron chi connectivity index (χ1n) is 11.4. The van der Waals surface area contributed by atoms with Gasteiger partial charge >= 0.3 is 0 Å². The molecule has 5 rings (SSSR count). The summed E-state index contributed by atoms with van der Waals surface area (Å²) in [5, 5.41) is 2.91. The molecule has 1 N–H and O–H groups in total. The smallest absolute Gasteiger partial charge is 0.255 e. The van der Waals surface area contributed by atoms with Gasteiger partial charge in [0, 0.05) is 42.9 Å². The van der Waals surface area contributed by atoms with Gasteiger partial charge in [-0.1, -0.05) is 6.07 Å². The van der Waals surface area contributed by atoms with Crippen molar-refractivity contribution in [1.82, 2.24) is 9.55 Å². The third-order valence-corrected chi connectivity index (χ3v) is 6.30. The molecule has 0 spiro atoms. The van der Waals surface area contributed by atoms with E-state index < -0.39 is 0 Å². The zero-order valence-corrected chi connectivity index (χ0v) is 18.9. The van der Waals surface area contributed by atoms with Gasteiger partial charge in [0.25, 0.3) is 11.5 Å². The fraction of sp³-hybridized carbons (Fsp3) is 0.346. The van der Waals surface area contributed by atoms with Crippen LogP contribution < -0.4 is 20.5 Å². The van der Waals surface area contributed by atoms with Crippen LogP contribution in [0.15, 0.2) is 65.6 Å². The third kappa shape index (κ3) is 4.49. The maximum Gasteiger partial charge on any atom is 0.255 e. The Balaban J connectivity index is 1.25. The first kappa shape index (κ1) is 21.2. The van der Waals surface area contributed by atoms with Crippen molar-refractivity contribution >= 4 is 17.4 Å². The van der Waals surface area contributed by atoms with Crippen LogP contribution in [0.25, 0.3) is 0 Å². The number of amides is 1. The van der Waals surface area contributed by atoms with Crippen LogP contribution in [0.5, 0.6) is 5.75 Å². The standard InChI is InChI=1S/C26H28N4O3/c1-17(2)33-22-9-6-19(7-10-22)26(32)28-21-8-11-24(27-13-21)29-14-18-12-20(16-29)23-4-3-5-25(31)30(23)15-18/h3-11,13,17-18,20H,12,14-16H2,1-2H3,(H,28,32)/t18-,20-/m0/s1. The summed E-state index contributed by atoms with van der Waals surface area (Å²) in [5.74, 6) is 2.21. The van der Waals surface area contributed by atoms with Gasteiger partial charge in [0.05, 0.1) is 18.0 Å². The van der Waals surface area contributed by atoms with Crippen LogP contribution in [-0.4, -0.2) is 34.7 Å². The van der Waals surface area contributed by atoms with Gasteiger partial charge in [-0.25, -0.2) is 4.98 Å². The van der Waals surface area contributed by atoms with E-state index in [2.05, 4.69) is 21.3 Å². The number of pyridine rings is 2. The number of nitrogens with one attached hydrogen (secondary N) is 1. The van der Waals surface area contributed by atoms with Crippen molar-refractivity contribution < 1.29 is 9.53 Å². The van der Waals surface area contributed by atoms with Crippen LogP contribution in [0.3, 0.4) is 0 Å². The van der Waals surface area contributed by atoms with Crippen molar-refractivity contribution in [2.75, 3.05) is 23.3 Å². The molecule has 7 nitrogen and oxygen atoms in total. The zero-order chi connectivity index (χ0) is 22.9. The summed E-state index contributed by atoms with van der Waals surface area (Å²) in [7, 11) is 0. The van der Waals surface area contributed by atoms with Gasteiger partial charge in [-0.05, 0) is 68.7 Å². The number of nitrogens with zero attached hydrogens (tertiary/aromatic N) is 3. The number of carbonyl (C=O) groups excluding carboxylic acids is 1. The average molecular weight is 445 g/mol. The zero-order valence-electron chi connectivity index (χ0n) is 18.9. The van der Waals surface area contributed by atoms with Gasteiger partial charge in [-0.2, -0.15) is 0 Å². The Morgan fingerprint density at radius 2 is 1.88 bits per heavy atom. The summed E-state index contributed by atoms with van der Waals surface area (Å²) >= 11 is 0. The van der Waals surface area contributed by atoms with Crippen molar-refractivity contribution in [3.63, 3.8) is 0 Å². The Kier molecular flexibility index (Phi) is 5.62. The lowest BCUT2D eigenvalue weighted by Crippen LogP contribution is -2.47. The average Bonchev–Trinajstić information content (AvgIpc) is 2.80. The summed E-state index contributed by atoms with van der Waals surface area (Å²) in [5.41, 5.74) is 2.43. The molecular weight excluding hydrogens is 416 g/mol. The topological polar surface area (TPSA) is 76.5 Å². The van der Waals surface area contributed by atoms with Crippen molar-refractivity contribution in [2.24, 2.45) is 5.92 Å². The van der Waals surface area contributed by atoms with Crippen LogP contribution in [0, 0.1) is 5.92 Å². The number of rotatable bonds is 5. The Morgan fingerprint density at radius 3 is 2.61 bits per heavy atom. The Bertz CT molecular complexity index is 1200. The molecular formula is C26H28N4O3. The van der Waals surface area contributed by atoms with E-state index >= 15 is 0 Å². The monoisotopic (exact) mass is 444 g/mol. The molecule has 0 unspecified atom stereocenters. The quantitative estimate of drug-likeness (QED) is 0.646. The Hall–Kier alpha value is -3.61. The maximum absolute atomic E-state index is 12.6. The highest BCUT2D eigenvalue weighted by Crippen LogP contribution is 2.36. The first-order valence-corrected chi connectivity index (χ1v) is 11.4. The van der Waals surface area contributed by atoms with Crippen LogP contribution >= 0.6 is 0 Å². The maximum atomic E-state index is 12.6. The number of piperidine rings is 1. The van der Waals surface area contributed by atoms with Crippen molar-refractivity contribution in [3.05, 3.63) is 82.4 Å². The van der Waals surface area contributed by atoms with E-state index in [-0.39, 0.29) is 17.6 Å². The van der Waals surface area contributed by atoms with E-state index in [0.717, 1.165) is 43.3 Å². The molecule has 33 heavy (non-hydrogen) atoms. The normalized spacial score (nSPS) is 19.2. The van der Waals surface area contributed by atoms with E-state index in [1.807, 2.05) is 36.6 Å². The first-order chi connectivity index (χ1) is 16.0. The molecule has 2 aliphatic rings. The number of ether oxygens (including phenoxy) is 1. The van der Waals surface area contributed by atoms with Gasteiger partial charge in [-0.3, -0.25) is 9.59 Å². The van der Waals surface area contributed by atoms with Crippen LogP contribution in [0.4, 0.5) is 11.5 Å². The molecule has 2 atom stereocenters. The highest BCUT2D eigenvalue weighted by Gasteiger charge is 2.34. The number of hydrogen-bond donors (Lipinski definition) is 1. The molecule has 170 valence electrons. The number of aromatic nitrogens is 2. The molecule has 3 aromatic rings. The molecule has 2 bridgehead atoms. The number of fused-ring (bicyclic) bond motifs is 4. The predicted octanol–water partition coefficient (Wildman–Crippen LogP) is 3.91. The van der Waals surface area contributed by atoms with Crippen molar-refractivity contribution in [2.45, 2.75) is 38.8 Å². The highest BCUT2D eigenvalue weighted by atomic mass is 16.5. The molecule has 0 radical (unpaired) electrons. The fourth-order valence-electron chi connectivity index (χ4n) is 4.89. The van der Waals surface area contributed by atoms with E-state index in [1.165, 1.54) is 0 Å². The Morgan fingerprint density at radius 1 is 1.06 bits per heavy atom. The third-order valence-electron chi connectivity index (χ3n) is 6.30. The largest absolute Gasteiger partial charge is 0.491 e. The summed E-state index contributed by atoms with van der Waals surface area (Å²) in [6.45, 7) is 6.41. The minimum Gasteiger partial charge on any atom is -0.491 e. The van der Waals surface area contributed by atoms with E-state index in [0.29, 0.717) is 23.1 Å². The van der Waals surface area contributed by atoms with Crippen LogP contribution in [-0.2, 0) is 6.54 Å². The fourth-order valence-corrected chi connectivity index (χ4v) is 4.89. The molecule has 4 heterocycles. The molecule has 7 heteroatoms. The lowest BCUT2D eigenvalue weighted by molar-refractivity contribution is 0.102. The summed E-state index contributed by atoms with van der Waals surface area (Å²) in [4.78, 5) is 31.7. The molecule has 1 aromatic carbocycles. The second-order valence-electron chi connectivity index (χ2n) is 9.15. The summed E-state index contributed by atoms with van der Waals surface area (Å²) < 4.78 is 7.56. The minimum absolute atomic E-state index is 0.0893. The second-order valence-corrected chi connectivity index (χ2v) is 9.15. The predicted molar refractivity (Wildman–Crippen MR) is 128 cm³/mol. The van der Waals surface area contributed by atoms with Gasteiger partial charge in [0.15, 0.2) is 0 Å². The Labute approximate surface area is 193 Å². The number of anilines is 2. The molecule has 0 aliphatic carbocycles. The lowest BCUT2D eigenvalue weighted by atomic mass is 9.83. The van der Waals surface area contributed by atoms with Crippen LogP contribution in [0.1, 0.15) is 42.2 Å². The van der Waals surface area contributed by atoms with E-state index in [1.54, 1.807) is 36.5 Å². The van der Waals surface area contributed by atoms with Gasteiger partial charge in [0.2, 0.25) is 0 Å². The minimum atomic E-state index is -0.185. The van der Waals surface area contributed by atoms with Crippen molar-refractivity contribution in [3.8, 4) is 5.75 Å². The van der Waals surface area contributed by atoms with Crippen LogP contribution in [0.2, 0.25) is 0 Å². The summed E-state index contributed by atoms with van der Waals surface area (Å²) in [6, 6.07) is 16.5. The van der Waals surface area contributed by atoms with Gasteiger partial charge in [0.1, 0.15) is 11.6 Å². The molecule has 1 saturated heterocycles. The SMILES string of the molecule is CC(C)Oc1ccc(C(=O)Nc2ccc(N3C[C@@H]4C[C@@H](C3)c3cccc(=O)n3C4)nc2)cc1. The van der Waals surface area contributed by atoms with Crippen molar-refractivity contribution in [1.29, 1.82) is 0 Å².